The van der Waals surface area contributed by atoms with Crippen LogP contribution in [0.3, 0.4) is 0 Å². The standard InChI is InChI=1S/C21H28O2S/c1-20-9-8-18-16(17(20)5-6-19(20)23)4-3-14-13-15(22)7-10-21(14,18)11-12-24-2/h8,13,16-17H,3-7,9-12H2,1-2H3/t16-,17-,20-,21?/m0/s1. The summed E-state index contributed by atoms with van der Waals surface area (Å²) in [6.45, 7) is 2.21. The Kier molecular flexibility index (Phi) is 4.06. The summed E-state index contributed by atoms with van der Waals surface area (Å²) < 4.78 is 0. The molecule has 0 N–H and O–H groups in total. The first-order valence-corrected chi connectivity index (χ1v) is 10.9. The molecule has 0 bridgehead atoms. The lowest BCUT2D eigenvalue weighted by atomic mass is 9.50. The second-order valence-electron chi connectivity index (χ2n) is 8.46. The van der Waals surface area contributed by atoms with E-state index in [1.54, 1.807) is 5.57 Å². The van der Waals surface area contributed by atoms with Gasteiger partial charge < -0.3 is 0 Å². The second-order valence-corrected chi connectivity index (χ2v) is 9.44. The number of carbonyl (C=O) groups excluding carboxylic acids is 2. The lowest BCUT2D eigenvalue weighted by Crippen LogP contribution is -2.45. The first-order valence-electron chi connectivity index (χ1n) is 9.48. The summed E-state index contributed by atoms with van der Waals surface area (Å²) in [4.78, 5) is 24.5. The Hall–Kier alpha value is -0.830. The molecule has 4 aliphatic carbocycles. The molecule has 0 aromatic rings. The van der Waals surface area contributed by atoms with E-state index in [1.165, 1.54) is 5.57 Å². The number of ketones is 2. The van der Waals surface area contributed by atoms with Gasteiger partial charge >= 0.3 is 0 Å². The van der Waals surface area contributed by atoms with Crippen LogP contribution in [0.15, 0.2) is 23.3 Å². The normalized spacial score (nSPS) is 41.2. The highest BCUT2D eigenvalue weighted by Gasteiger charge is 2.56. The van der Waals surface area contributed by atoms with E-state index in [2.05, 4.69) is 19.3 Å². The number of hydrogen-bond acceptors (Lipinski definition) is 3. The molecule has 4 rings (SSSR count). The number of allylic oxidation sites excluding steroid dienone is 4. The van der Waals surface area contributed by atoms with Crippen molar-refractivity contribution in [3.05, 3.63) is 23.3 Å². The van der Waals surface area contributed by atoms with E-state index in [0.717, 1.165) is 50.7 Å². The Balaban J connectivity index is 1.77. The van der Waals surface area contributed by atoms with Crippen LogP contribution in [0.5, 0.6) is 0 Å². The third kappa shape index (κ3) is 2.23. The van der Waals surface area contributed by atoms with Crippen molar-refractivity contribution < 1.29 is 9.59 Å². The van der Waals surface area contributed by atoms with Gasteiger partial charge in [-0.2, -0.15) is 11.8 Å². The van der Waals surface area contributed by atoms with Crippen LogP contribution in [0, 0.1) is 22.7 Å². The molecule has 0 spiro atoms. The first-order chi connectivity index (χ1) is 11.5. The van der Waals surface area contributed by atoms with Gasteiger partial charge in [-0.15, -0.1) is 0 Å². The third-order valence-corrected chi connectivity index (χ3v) is 8.14. The molecule has 130 valence electrons. The van der Waals surface area contributed by atoms with Gasteiger partial charge in [-0.3, -0.25) is 9.59 Å². The molecule has 24 heavy (non-hydrogen) atoms. The second kappa shape index (κ2) is 5.86. The van der Waals surface area contributed by atoms with Crippen LogP contribution in [-0.2, 0) is 9.59 Å². The highest BCUT2D eigenvalue weighted by Crippen LogP contribution is 2.63. The molecule has 1 unspecified atom stereocenters. The van der Waals surface area contributed by atoms with Gasteiger partial charge in [-0.05, 0) is 68.4 Å². The molecule has 2 nitrogen and oxygen atoms in total. The van der Waals surface area contributed by atoms with E-state index in [9.17, 15) is 9.59 Å². The average molecular weight is 345 g/mol. The molecular formula is C21H28O2S. The number of hydrogen-bond donors (Lipinski definition) is 0. The number of Topliss-reactive ketones (excluding diaryl/α,β-unsaturated/α-hetero) is 1. The largest absolute Gasteiger partial charge is 0.299 e. The molecule has 4 atom stereocenters. The summed E-state index contributed by atoms with van der Waals surface area (Å²) in [5.74, 6) is 3.07. The van der Waals surface area contributed by atoms with Gasteiger partial charge in [-0.1, -0.05) is 24.1 Å². The van der Waals surface area contributed by atoms with Crippen molar-refractivity contribution >= 4 is 23.3 Å². The summed E-state index contributed by atoms with van der Waals surface area (Å²) in [7, 11) is 0. The molecule has 3 heteroatoms. The van der Waals surface area contributed by atoms with E-state index in [1.807, 2.05) is 17.8 Å². The molecule has 0 amide bonds. The number of rotatable bonds is 3. The van der Waals surface area contributed by atoms with E-state index >= 15 is 0 Å². The quantitative estimate of drug-likeness (QED) is 0.693. The molecule has 0 saturated heterocycles. The van der Waals surface area contributed by atoms with Crippen molar-refractivity contribution in [1.82, 2.24) is 0 Å². The van der Waals surface area contributed by atoms with E-state index in [4.69, 9.17) is 0 Å². The van der Waals surface area contributed by atoms with Gasteiger partial charge in [0.1, 0.15) is 5.78 Å². The van der Waals surface area contributed by atoms with Crippen LogP contribution in [-0.4, -0.2) is 23.6 Å². The maximum atomic E-state index is 12.5. The van der Waals surface area contributed by atoms with Gasteiger partial charge in [0.15, 0.2) is 5.78 Å². The Morgan fingerprint density at radius 1 is 1.21 bits per heavy atom. The SMILES string of the molecule is CSCCC12CCC(=O)C=C1CC[C@@H]1C2=CC[C@]2(C)C(=O)CC[C@@H]12. The Morgan fingerprint density at radius 2 is 2.04 bits per heavy atom. The summed E-state index contributed by atoms with van der Waals surface area (Å²) in [6, 6.07) is 0. The number of thioether (sulfide) groups is 1. The Bertz CT molecular complexity index is 646. The zero-order chi connectivity index (χ0) is 16.9. The van der Waals surface area contributed by atoms with Crippen LogP contribution in [0.4, 0.5) is 0 Å². The summed E-state index contributed by atoms with van der Waals surface area (Å²) in [6.07, 6.45) is 14.4. The van der Waals surface area contributed by atoms with Crippen molar-refractivity contribution in [3.8, 4) is 0 Å². The molecule has 2 fully saturated rings. The predicted molar refractivity (Wildman–Crippen MR) is 99.0 cm³/mol. The van der Waals surface area contributed by atoms with Gasteiger partial charge in [-0.25, -0.2) is 0 Å². The highest BCUT2D eigenvalue weighted by atomic mass is 32.2. The smallest absolute Gasteiger partial charge is 0.155 e. The average Bonchev–Trinajstić information content (AvgIpc) is 2.88. The van der Waals surface area contributed by atoms with Crippen molar-refractivity contribution in [3.63, 3.8) is 0 Å². The summed E-state index contributed by atoms with van der Waals surface area (Å²) >= 11 is 1.91. The molecule has 0 aromatic heterocycles. The maximum Gasteiger partial charge on any atom is 0.155 e. The molecule has 0 aliphatic heterocycles. The number of carbonyl (C=O) groups is 2. The minimum atomic E-state index is -0.111. The van der Waals surface area contributed by atoms with E-state index < -0.39 is 0 Å². The van der Waals surface area contributed by atoms with Crippen LogP contribution in [0.1, 0.15) is 58.3 Å². The first kappa shape index (κ1) is 16.6. The molecule has 2 saturated carbocycles. The molecular weight excluding hydrogens is 316 g/mol. The molecule has 0 heterocycles. The van der Waals surface area contributed by atoms with E-state index in [0.29, 0.717) is 29.8 Å². The summed E-state index contributed by atoms with van der Waals surface area (Å²) in [5.41, 5.74) is 3.04. The van der Waals surface area contributed by atoms with Crippen molar-refractivity contribution in [2.24, 2.45) is 22.7 Å². The van der Waals surface area contributed by atoms with Crippen molar-refractivity contribution in [2.75, 3.05) is 12.0 Å². The van der Waals surface area contributed by atoms with Gasteiger partial charge in [0.25, 0.3) is 0 Å². The minimum Gasteiger partial charge on any atom is -0.299 e. The Labute approximate surface area is 149 Å². The van der Waals surface area contributed by atoms with Crippen LogP contribution >= 0.6 is 11.8 Å². The van der Waals surface area contributed by atoms with Gasteiger partial charge in [0.2, 0.25) is 0 Å². The van der Waals surface area contributed by atoms with Gasteiger partial charge in [0, 0.05) is 23.7 Å². The fourth-order valence-electron chi connectivity index (χ4n) is 6.17. The van der Waals surface area contributed by atoms with Crippen LogP contribution in [0.2, 0.25) is 0 Å². The fraction of sp³-hybridized carbons (Fsp3) is 0.714. The third-order valence-electron chi connectivity index (χ3n) is 7.53. The molecule has 0 aromatic carbocycles. The van der Waals surface area contributed by atoms with Gasteiger partial charge in [0.05, 0.1) is 0 Å². The van der Waals surface area contributed by atoms with Crippen molar-refractivity contribution in [1.29, 1.82) is 0 Å². The maximum absolute atomic E-state index is 12.5. The van der Waals surface area contributed by atoms with Crippen LogP contribution < -0.4 is 0 Å². The minimum absolute atomic E-state index is 0.111. The van der Waals surface area contributed by atoms with E-state index in [-0.39, 0.29) is 10.8 Å². The number of fused-ring (bicyclic) bond motifs is 5. The lowest BCUT2D eigenvalue weighted by Gasteiger charge is -2.53. The predicted octanol–water partition coefficient (Wildman–Crippen LogP) is 4.74. The lowest BCUT2D eigenvalue weighted by molar-refractivity contribution is -0.127. The van der Waals surface area contributed by atoms with Crippen LogP contribution in [0.25, 0.3) is 0 Å². The Morgan fingerprint density at radius 3 is 2.83 bits per heavy atom. The highest BCUT2D eigenvalue weighted by molar-refractivity contribution is 7.98. The zero-order valence-electron chi connectivity index (χ0n) is 14.9. The topological polar surface area (TPSA) is 34.1 Å². The van der Waals surface area contributed by atoms with Crippen molar-refractivity contribution in [2.45, 2.75) is 58.3 Å². The zero-order valence-corrected chi connectivity index (χ0v) is 15.7. The monoisotopic (exact) mass is 344 g/mol. The molecule has 0 radical (unpaired) electrons. The molecule has 4 aliphatic rings. The fourth-order valence-corrected chi connectivity index (χ4v) is 6.72. The summed E-state index contributed by atoms with van der Waals surface area (Å²) in [5, 5.41) is 0.